The van der Waals surface area contributed by atoms with Crippen molar-refractivity contribution >= 4 is 6.09 Å². The van der Waals surface area contributed by atoms with E-state index in [9.17, 15) is 13.6 Å². The summed E-state index contributed by atoms with van der Waals surface area (Å²) in [5.74, 6) is -3.61. The molecule has 0 atom stereocenters. The Morgan fingerprint density at radius 1 is 1.13 bits per heavy atom. The predicted octanol–water partition coefficient (Wildman–Crippen LogP) is 4.73. The number of alkyl halides is 2. The predicted molar refractivity (Wildman–Crippen MR) is 85.6 cm³/mol. The number of carbonyl (C=O) groups excluding carboxylic acids is 1. The zero-order valence-electron chi connectivity index (χ0n) is 14.2. The standard InChI is InChI=1S/C18H25F2NO2/c1-13-5-7-14(8-6-13)18(19,20)15-9-11-21(12-10-15)16(22)23-17(2,3)4/h5-8,15H,9-12H2,1-4H3. The lowest BCUT2D eigenvalue weighted by atomic mass is 9.86. The molecule has 23 heavy (non-hydrogen) atoms. The summed E-state index contributed by atoms with van der Waals surface area (Å²) in [4.78, 5) is 13.5. The molecular formula is C18H25F2NO2. The van der Waals surface area contributed by atoms with Gasteiger partial charge in [0.2, 0.25) is 0 Å². The molecule has 0 spiro atoms. The molecule has 0 aliphatic carbocycles. The minimum Gasteiger partial charge on any atom is -0.444 e. The fourth-order valence-corrected chi connectivity index (χ4v) is 2.76. The first kappa shape index (κ1) is 17.7. The smallest absolute Gasteiger partial charge is 0.410 e. The first-order chi connectivity index (χ1) is 10.6. The van der Waals surface area contributed by atoms with E-state index in [2.05, 4.69) is 0 Å². The Morgan fingerprint density at radius 2 is 1.65 bits per heavy atom. The van der Waals surface area contributed by atoms with Crippen molar-refractivity contribution < 1.29 is 18.3 Å². The summed E-state index contributed by atoms with van der Waals surface area (Å²) in [6.45, 7) is 7.87. The second kappa shape index (κ2) is 6.46. The fraction of sp³-hybridized carbons (Fsp3) is 0.611. The molecule has 1 aliphatic heterocycles. The number of benzene rings is 1. The number of aryl methyl sites for hydroxylation is 1. The Bertz CT molecular complexity index is 541. The van der Waals surface area contributed by atoms with Gasteiger partial charge in [0.15, 0.2) is 0 Å². The van der Waals surface area contributed by atoms with E-state index in [1.807, 2.05) is 6.92 Å². The van der Waals surface area contributed by atoms with Crippen LogP contribution < -0.4 is 0 Å². The average molecular weight is 325 g/mol. The Labute approximate surface area is 136 Å². The number of hydrogen-bond acceptors (Lipinski definition) is 2. The van der Waals surface area contributed by atoms with Crippen molar-refractivity contribution in [3.8, 4) is 0 Å². The van der Waals surface area contributed by atoms with Crippen molar-refractivity contribution in [2.24, 2.45) is 5.92 Å². The molecule has 1 amide bonds. The van der Waals surface area contributed by atoms with Gasteiger partial charge in [0.25, 0.3) is 5.92 Å². The third-order valence-electron chi connectivity index (χ3n) is 4.10. The summed E-state index contributed by atoms with van der Waals surface area (Å²) in [6, 6.07) is 6.41. The molecule has 0 saturated carbocycles. The molecular weight excluding hydrogens is 300 g/mol. The van der Waals surface area contributed by atoms with Crippen LogP contribution in [0.4, 0.5) is 13.6 Å². The molecule has 0 N–H and O–H groups in total. The van der Waals surface area contributed by atoms with E-state index in [4.69, 9.17) is 4.74 Å². The van der Waals surface area contributed by atoms with Gasteiger partial charge >= 0.3 is 6.09 Å². The first-order valence-electron chi connectivity index (χ1n) is 8.02. The van der Waals surface area contributed by atoms with Crippen molar-refractivity contribution in [2.45, 2.75) is 52.1 Å². The topological polar surface area (TPSA) is 29.5 Å². The molecule has 2 rings (SSSR count). The van der Waals surface area contributed by atoms with Crippen LogP contribution >= 0.6 is 0 Å². The highest BCUT2D eigenvalue weighted by Gasteiger charge is 2.43. The quantitative estimate of drug-likeness (QED) is 0.786. The minimum absolute atomic E-state index is 0.0545. The van der Waals surface area contributed by atoms with Crippen molar-refractivity contribution in [1.82, 2.24) is 4.90 Å². The lowest BCUT2D eigenvalue weighted by Crippen LogP contribution is -2.44. The second-order valence-electron chi connectivity index (χ2n) is 7.23. The molecule has 5 heteroatoms. The average Bonchev–Trinajstić information content (AvgIpc) is 2.46. The number of likely N-dealkylation sites (tertiary alicyclic amines) is 1. The van der Waals surface area contributed by atoms with Crippen molar-refractivity contribution in [3.63, 3.8) is 0 Å². The fourth-order valence-electron chi connectivity index (χ4n) is 2.76. The van der Waals surface area contributed by atoms with Crippen LogP contribution in [0, 0.1) is 12.8 Å². The van der Waals surface area contributed by atoms with E-state index in [0.29, 0.717) is 13.1 Å². The van der Waals surface area contributed by atoms with Crippen LogP contribution in [0.25, 0.3) is 0 Å². The summed E-state index contributed by atoms with van der Waals surface area (Å²) >= 11 is 0. The van der Waals surface area contributed by atoms with E-state index in [0.717, 1.165) is 5.56 Å². The van der Waals surface area contributed by atoms with E-state index in [-0.39, 0.29) is 18.4 Å². The monoisotopic (exact) mass is 325 g/mol. The maximum absolute atomic E-state index is 14.6. The van der Waals surface area contributed by atoms with Crippen LogP contribution in [0.2, 0.25) is 0 Å². The number of nitrogens with zero attached hydrogens (tertiary/aromatic N) is 1. The molecule has 0 unspecified atom stereocenters. The zero-order valence-corrected chi connectivity index (χ0v) is 14.2. The number of amides is 1. The molecule has 1 fully saturated rings. The number of carbonyl (C=O) groups is 1. The van der Waals surface area contributed by atoms with Gasteiger partial charge in [-0.05, 0) is 40.5 Å². The van der Waals surface area contributed by atoms with Crippen LogP contribution in [0.1, 0.15) is 44.7 Å². The lowest BCUT2D eigenvalue weighted by molar-refractivity contribution is -0.0861. The van der Waals surface area contributed by atoms with Gasteiger partial charge in [0.05, 0.1) is 0 Å². The van der Waals surface area contributed by atoms with Crippen molar-refractivity contribution in [2.75, 3.05) is 13.1 Å². The molecule has 1 aromatic rings. The molecule has 1 saturated heterocycles. The Kier molecular flexibility index (Phi) is 4.97. The summed E-state index contributed by atoms with van der Waals surface area (Å²) < 4.78 is 34.6. The van der Waals surface area contributed by atoms with Gasteiger partial charge in [-0.2, -0.15) is 0 Å². The number of hydrogen-bond donors (Lipinski definition) is 0. The molecule has 0 aromatic heterocycles. The number of halogens is 2. The van der Waals surface area contributed by atoms with E-state index in [1.54, 1.807) is 32.9 Å². The van der Waals surface area contributed by atoms with Gasteiger partial charge in [0, 0.05) is 24.6 Å². The van der Waals surface area contributed by atoms with Gasteiger partial charge in [0.1, 0.15) is 5.60 Å². The summed E-state index contributed by atoms with van der Waals surface area (Å²) in [7, 11) is 0. The maximum Gasteiger partial charge on any atom is 0.410 e. The van der Waals surface area contributed by atoms with E-state index >= 15 is 0 Å². The van der Waals surface area contributed by atoms with Gasteiger partial charge in [-0.1, -0.05) is 29.8 Å². The summed E-state index contributed by atoms with van der Waals surface area (Å²) in [5, 5.41) is 0. The molecule has 1 heterocycles. The SMILES string of the molecule is Cc1ccc(C(F)(F)C2CCN(C(=O)OC(C)(C)C)CC2)cc1. The summed E-state index contributed by atoms with van der Waals surface area (Å²) in [5.41, 5.74) is 0.447. The Hall–Kier alpha value is -1.65. The van der Waals surface area contributed by atoms with Crippen molar-refractivity contribution in [1.29, 1.82) is 0 Å². The molecule has 128 valence electrons. The normalized spacial score (nSPS) is 17.2. The van der Waals surface area contributed by atoms with E-state index in [1.165, 1.54) is 17.0 Å². The maximum atomic E-state index is 14.6. The van der Waals surface area contributed by atoms with Crippen LogP contribution in [0.5, 0.6) is 0 Å². The van der Waals surface area contributed by atoms with Gasteiger partial charge in [-0.3, -0.25) is 0 Å². The van der Waals surface area contributed by atoms with Crippen LogP contribution in [-0.4, -0.2) is 29.7 Å². The Morgan fingerprint density at radius 3 is 2.13 bits per heavy atom. The molecule has 1 aromatic carbocycles. The number of rotatable bonds is 2. The van der Waals surface area contributed by atoms with Crippen LogP contribution in [-0.2, 0) is 10.7 Å². The summed E-state index contributed by atoms with van der Waals surface area (Å²) in [6.07, 6.45) is 0.134. The molecule has 0 radical (unpaired) electrons. The van der Waals surface area contributed by atoms with Gasteiger partial charge in [-0.15, -0.1) is 0 Å². The van der Waals surface area contributed by atoms with Crippen LogP contribution in [0.3, 0.4) is 0 Å². The zero-order chi connectivity index (χ0) is 17.3. The number of piperidine rings is 1. The highest BCUT2D eigenvalue weighted by Crippen LogP contribution is 2.41. The van der Waals surface area contributed by atoms with Gasteiger partial charge in [-0.25, -0.2) is 13.6 Å². The highest BCUT2D eigenvalue weighted by molar-refractivity contribution is 5.68. The molecule has 3 nitrogen and oxygen atoms in total. The first-order valence-corrected chi connectivity index (χ1v) is 8.02. The van der Waals surface area contributed by atoms with Crippen molar-refractivity contribution in [3.05, 3.63) is 35.4 Å². The Balaban J connectivity index is 1.98. The lowest BCUT2D eigenvalue weighted by Gasteiger charge is -2.36. The number of ether oxygens (including phenoxy) is 1. The highest BCUT2D eigenvalue weighted by atomic mass is 19.3. The minimum atomic E-state index is -2.87. The molecule has 1 aliphatic rings. The van der Waals surface area contributed by atoms with E-state index < -0.39 is 23.5 Å². The van der Waals surface area contributed by atoms with Gasteiger partial charge < -0.3 is 9.64 Å². The largest absolute Gasteiger partial charge is 0.444 e. The van der Waals surface area contributed by atoms with Crippen LogP contribution in [0.15, 0.2) is 24.3 Å². The molecule has 0 bridgehead atoms. The second-order valence-corrected chi connectivity index (χ2v) is 7.23. The third-order valence-corrected chi connectivity index (χ3v) is 4.10. The third kappa shape index (κ3) is 4.43.